The highest BCUT2D eigenvalue weighted by Crippen LogP contribution is 2.05. The van der Waals surface area contributed by atoms with Crippen molar-refractivity contribution in [2.24, 2.45) is 0 Å². The number of hydrogen-bond acceptors (Lipinski definition) is 6. The monoisotopic (exact) mass is 219 g/mol. The Hall–Kier alpha value is -1.57. The molecule has 0 unspecified atom stereocenters. The second kappa shape index (κ2) is 6.02. The zero-order chi connectivity index (χ0) is 11.1. The molecule has 0 aromatic rings. The number of rotatable bonds is 5. The molecule has 1 fully saturated rings. The average Bonchev–Trinajstić information content (AvgIpc) is 2.64. The van der Waals surface area contributed by atoms with Gasteiger partial charge >= 0.3 is 6.09 Å². The maximum atomic E-state index is 11.0. The highest BCUT2D eigenvalue weighted by Gasteiger charge is 2.17. The molecule has 1 aliphatic rings. The Kier molecular flexibility index (Phi) is 4.61. The maximum absolute atomic E-state index is 11.0. The Labute approximate surface area is 86.0 Å². The number of amides is 1. The lowest BCUT2D eigenvalue weighted by molar-refractivity contribution is -0.757. The predicted octanol–water partition coefficient (Wildman–Crippen LogP) is -0.370. The van der Waals surface area contributed by atoms with Gasteiger partial charge in [0.2, 0.25) is 0 Å². The van der Waals surface area contributed by atoms with Gasteiger partial charge in [0, 0.05) is 6.54 Å². The van der Waals surface area contributed by atoms with Crippen LogP contribution in [0.15, 0.2) is 0 Å². The van der Waals surface area contributed by atoms with E-state index < -0.39 is 11.2 Å². The highest BCUT2D eigenvalue weighted by molar-refractivity contribution is 5.67. The van der Waals surface area contributed by atoms with Crippen molar-refractivity contribution in [1.29, 1.82) is 0 Å². The standard InChI is InChI=1S/C7H13N3O5/c11-7(9-4-5-14-10(12)13)15-6-2-1-3-8-6/h6,8H,1-5H2,(H,9,11)/t6-/m0/s1. The van der Waals surface area contributed by atoms with E-state index in [-0.39, 0.29) is 19.4 Å². The molecular formula is C7H13N3O5. The SMILES string of the molecule is O=C(NCCO[N+](=O)[O-])O[C@H]1CCCN1. The molecule has 15 heavy (non-hydrogen) atoms. The van der Waals surface area contributed by atoms with Crippen LogP contribution in [-0.4, -0.2) is 37.1 Å². The molecule has 0 spiro atoms. The van der Waals surface area contributed by atoms with Crippen molar-refractivity contribution in [2.45, 2.75) is 19.1 Å². The van der Waals surface area contributed by atoms with Crippen LogP contribution in [0.5, 0.6) is 0 Å². The van der Waals surface area contributed by atoms with Gasteiger partial charge in [-0.15, -0.1) is 10.1 Å². The summed E-state index contributed by atoms with van der Waals surface area (Å²) in [5.74, 6) is 0. The van der Waals surface area contributed by atoms with Gasteiger partial charge in [-0.25, -0.2) is 4.79 Å². The van der Waals surface area contributed by atoms with Crippen molar-refractivity contribution in [3.8, 4) is 0 Å². The minimum Gasteiger partial charge on any atom is -0.430 e. The van der Waals surface area contributed by atoms with Gasteiger partial charge in [-0.1, -0.05) is 0 Å². The van der Waals surface area contributed by atoms with Crippen LogP contribution in [0.3, 0.4) is 0 Å². The lowest BCUT2D eigenvalue weighted by Gasteiger charge is -2.12. The summed E-state index contributed by atoms with van der Waals surface area (Å²) < 4.78 is 4.93. The minimum atomic E-state index is -0.911. The van der Waals surface area contributed by atoms with Gasteiger partial charge in [0.1, 0.15) is 6.61 Å². The second-order valence-corrected chi connectivity index (χ2v) is 2.97. The Balaban J connectivity index is 2.00. The molecule has 8 heteroatoms. The molecule has 1 amide bonds. The smallest absolute Gasteiger partial charge is 0.408 e. The molecule has 1 rings (SSSR count). The highest BCUT2D eigenvalue weighted by atomic mass is 16.9. The maximum Gasteiger partial charge on any atom is 0.408 e. The predicted molar refractivity (Wildman–Crippen MR) is 48.5 cm³/mol. The van der Waals surface area contributed by atoms with Gasteiger partial charge in [0.05, 0.1) is 0 Å². The molecule has 1 atom stereocenters. The number of hydrogen-bond donors (Lipinski definition) is 2. The zero-order valence-electron chi connectivity index (χ0n) is 8.10. The van der Waals surface area contributed by atoms with Crippen LogP contribution in [0, 0.1) is 10.1 Å². The fourth-order valence-corrected chi connectivity index (χ4v) is 1.20. The van der Waals surface area contributed by atoms with E-state index >= 15 is 0 Å². The summed E-state index contributed by atoms with van der Waals surface area (Å²) in [5, 5.41) is 14.1. The van der Waals surface area contributed by atoms with Crippen molar-refractivity contribution in [3.05, 3.63) is 10.1 Å². The molecule has 0 saturated carbocycles. The van der Waals surface area contributed by atoms with E-state index in [1.54, 1.807) is 0 Å². The largest absolute Gasteiger partial charge is 0.430 e. The Morgan fingerprint density at radius 3 is 3.07 bits per heavy atom. The Morgan fingerprint density at radius 2 is 2.47 bits per heavy atom. The number of nitrogens with zero attached hydrogens (tertiary/aromatic N) is 1. The number of carbonyl (C=O) groups excluding carboxylic acids is 1. The molecule has 0 bridgehead atoms. The van der Waals surface area contributed by atoms with Crippen LogP contribution in [0.25, 0.3) is 0 Å². The van der Waals surface area contributed by atoms with Gasteiger partial charge < -0.3 is 14.9 Å². The first-order valence-electron chi connectivity index (χ1n) is 4.63. The summed E-state index contributed by atoms with van der Waals surface area (Å²) in [7, 11) is 0. The fourth-order valence-electron chi connectivity index (χ4n) is 1.20. The molecule has 1 heterocycles. The van der Waals surface area contributed by atoms with E-state index in [4.69, 9.17) is 4.74 Å². The molecule has 0 radical (unpaired) electrons. The summed E-state index contributed by atoms with van der Waals surface area (Å²) >= 11 is 0. The Bertz CT molecular complexity index is 229. The van der Waals surface area contributed by atoms with Crippen LogP contribution in [0.1, 0.15) is 12.8 Å². The Morgan fingerprint density at radius 1 is 1.67 bits per heavy atom. The average molecular weight is 219 g/mol. The molecule has 0 aromatic carbocycles. The van der Waals surface area contributed by atoms with Crippen molar-refractivity contribution >= 4 is 6.09 Å². The molecule has 1 saturated heterocycles. The summed E-state index contributed by atoms with van der Waals surface area (Å²) in [4.78, 5) is 24.8. The van der Waals surface area contributed by atoms with E-state index in [2.05, 4.69) is 15.5 Å². The van der Waals surface area contributed by atoms with Crippen LogP contribution >= 0.6 is 0 Å². The minimum absolute atomic E-state index is 0.0481. The van der Waals surface area contributed by atoms with Crippen LogP contribution in [-0.2, 0) is 9.57 Å². The van der Waals surface area contributed by atoms with Gasteiger partial charge in [0.25, 0.3) is 5.09 Å². The van der Waals surface area contributed by atoms with Crippen molar-refractivity contribution in [3.63, 3.8) is 0 Å². The first-order valence-corrected chi connectivity index (χ1v) is 4.63. The second-order valence-electron chi connectivity index (χ2n) is 2.97. The van der Waals surface area contributed by atoms with E-state index in [0.29, 0.717) is 0 Å². The molecule has 0 aromatic heterocycles. The van der Waals surface area contributed by atoms with Crippen LogP contribution in [0.4, 0.5) is 4.79 Å². The quantitative estimate of drug-likeness (QED) is 0.371. The summed E-state index contributed by atoms with van der Waals surface area (Å²) in [6.45, 7) is 0.703. The lowest BCUT2D eigenvalue weighted by Crippen LogP contribution is -2.35. The van der Waals surface area contributed by atoms with Crippen LogP contribution in [0.2, 0.25) is 0 Å². The van der Waals surface area contributed by atoms with Gasteiger partial charge in [0.15, 0.2) is 6.23 Å². The van der Waals surface area contributed by atoms with E-state index in [9.17, 15) is 14.9 Å². The third-order valence-electron chi connectivity index (χ3n) is 1.83. The topological polar surface area (TPSA) is 103 Å². The van der Waals surface area contributed by atoms with Crippen molar-refractivity contribution < 1.29 is 19.5 Å². The van der Waals surface area contributed by atoms with E-state index in [1.165, 1.54) is 0 Å². The van der Waals surface area contributed by atoms with Gasteiger partial charge in [-0.3, -0.25) is 5.32 Å². The molecule has 1 aliphatic heterocycles. The van der Waals surface area contributed by atoms with Crippen LogP contribution < -0.4 is 10.6 Å². The third kappa shape index (κ3) is 5.01. The zero-order valence-corrected chi connectivity index (χ0v) is 8.10. The first-order chi connectivity index (χ1) is 7.18. The molecule has 86 valence electrons. The molecular weight excluding hydrogens is 206 g/mol. The summed E-state index contributed by atoms with van der Waals surface area (Å²) in [6.07, 6.45) is 0.920. The van der Waals surface area contributed by atoms with Gasteiger partial charge in [-0.2, -0.15) is 0 Å². The first kappa shape index (κ1) is 11.5. The van der Waals surface area contributed by atoms with E-state index in [1.807, 2.05) is 0 Å². The third-order valence-corrected chi connectivity index (χ3v) is 1.83. The summed E-state index contributed by atoms with van der Waals surface area (Å²) in [5.41, 5.74) is 0. The molecule has 2 N–H and O–H groups in total. The number of alkyl carbamates (subject to hydrolysis) is 1. The van der Waals surface area contributed by atoms with Crippen molar-refractivity contribution in [2.75, 3.05) is 19.7 Å². The number of carbonyl (C=O) groups is 1. The molecule has 8 nitrogen and oxygen atoms in total. The van der Waals surface area contributed by atoms with E-state index in [0.717, 1.165) is 19.4 Å². The van der Waals surface area contributed by atoms with Crippen molar-refractivity contribution in [1.82, 2.24) is 10.6 Å². The lowest BCUT2D eigenvalue weighted by atomic mass is 10.4. The number of ether oxygens (including phenoxy) is 1. The molecule has 0 aliphatic carbocycles. The fraction of sp³-hybridized carbons (Fsp3) is 0.857. The van der Waals surface area contributed by atoms with Gasteiger partial charge in [-0.05, 0) is 19.4 Å². The summed E-state index contributed by atoms with van der Waals surface area (Å²) in [6, 6.07) is 0. The normalized spacial score (nSPS) is 19.6. The number of nitrogens with one attached hydrogen (secondary N) is 2.